The van der Waals surface area contributed by atoms with Crippen molar-refractivity contribution in [2.24, 2.45) is 11.7 Å². The summed E-state index contributed by atoms with van der Waals surface area (Å²) in [5, 5.41) is 4.22. The lowest BCUT2D eigenvalue weighted by Crippen LogP contribution is -2.45. The summed E-state index contributed by atoms with van der Waals surface area (Å²) >= 11 is 1.68. The minimum absolute atomic E-state index is 0.0415. The lowest BCUT2D eigenvalue weighted by atomic mass is 9.94. The first-order valence-electron chi connectivity index (χ1n) is 7.54. The standard InChI is InChI=1S/C15H21N3O2S/c16-15(20)17-7-3-11(4-8-17)14(19)18-6-1-2-13(18)12-5-9-21-10-12/h5,9-11,13H,1-4,6-8H2,(H2,16,20)/t13-/m0/s1. The van der Waals surface area contributed by atoms with Crippen LogP contribution in [0.1, 0.15) is 37.3 Å². The molecule has 2 saturated heterocycles. The molecule has 0 unspecified atom stereocenters. The zero-order valence-electron chi connectivity index (χ0n) is 12.0. The second kappa shape index (κ2) is 6.05. The number of hydrogen-bond acceptors (Lipinski definition) is 3. The molecule has 0 bridgehead atoms. The number of thiophene rings is 1. The Kier molecular flexibility index (Phi) is 4.14. The van der Waals surface area contributed by atoms with Crippen LogP contribution < -0.4 is 5.73 Å². The summed E-state index contributed by atoms with van der Waals surface area (Å²) in [4.78, 5) is 27.6. The van der Waals surface area contributed by atoms with Crippen LogP contribution >= 0.6 is 11.3 Å². The molecule has 1 aromatic heterocycles. The highest BCUT2D eigenvalue weighted by atomic mass is 32.1. The molecule has 6 heteroatoms. The van der Waals surface area contributed by atoms with Crippen LogP contribution in [0.3, 0.4) is 0 Å². The van der Waals surface area contributed by atoms with Gasteiger partial charge in [0.1, 0.15) is 0 Å². The van der Waals surface area contributed by atoms with E-state index in [1.54, 1.807) is 16.2 Å². The molecule has 5 nitrogen and oxygen atoms in total. The van der Waals surface area contributed by atoms with Gasteiger partial charge in [-0.1, -0.05) is 0 Å². The molecule has 1 atom stereocenters. The Balaban J connectivity index is 1.64. The Morgan fingerprint density at radius 1 is 1.19 bits per heavy atom. The molecule has 1 aromatic rings. The highest BCUT2D eigenvalue weighted by molar-refractivity contribution is 7.07. The number of carbonyl (C=O) groups excluding carboxylic acids is 2. The molecule has 2 fully saturated rings. The van der Waals surface area contributed by atoms with Crippen LogP contribution in [-0.4, -0.2) is 41.4 Å². The fourth-order valence-corrected chi connectivity index (χ4v) is 4.13. The first-order valence-corrected chi connectivity index (χ1v) is 8.48. The Labute approximate surface area is 128 Å². The zero-order valence-corrected chi connectivity index (χ0v) is 12.8. The van der Waals surface area contributed by atoms with E-state index >= 15 is 0 Å². The van der Waals surface area contributed by atoms with Crippen molar-refractivity contribution in [3.63, 3.8) is 0 Å². The summed E-state index contributed by atoms with van der Waals surface area (Å²) in [7, 11) is 0. The van der Waals surface area contributed by atoms with Gasteiger partial charge in [-0.05, 0) is 48.1 Å². The summed E-state index contributed by atoms with van der Waals surface area (Å²) in [6, 6.07) is 1.99. The molecule has 114 valence electrons. The number of likely N-dealkylation sites (tertiary alicyclic amines) is 2. The Hall–Kier alpha value is -1.56. The second-order valence-electron chi connectivity index (χ2n) is 5.85. The van der Waals surface area contributed by atoms with Gasteiger partial charge in [0, 0.05) is 25.6 Å². The summed E-state index contributed by atoms with van der Waals surface area (Å²) in [5.41, 5.74) is 6.55. The quantitative estimate of drug-likeness (QED) is 0.910. The third-order valence-corrected chi connectivity index (χ3v) is 5.32. The number of hydrogen-bond donors (Lipinski definition) is 1. The van der Waals surface area contributed by atoms with Gasteiger partial charge in [0.2, 0.25) is 5.91 Å². The van der Waals surface area contributed by atoms with Crippen LogP contribution in [0.15, 0.2) is 16.8 Å². The molecule has 21 heavy (non-hydrogen) atoms. The molecule has 2 aliphatic rings. The normalized spacial score (nSPS) is 23.5. The van der Waals surface area contributed by atoms with Gasteiger partial charge in [0.25, 0.3) is 0 Å². The number of carbonyl (C=O) groups is 2. The van der Waals surface area contributed by atoms with Gasteiger partial charge in [-0.2, -0.15) is 11.3 Å². The van der Waals surface area contributed by atoms with Crippen molar-refractivity contribution < 1.29 is 9.59 Å². The molecular formula is C15H21N3O2S. The largest absolute Gasteiger partial charge is 0.351 e. The van der Waals surface area contributed by atoms with Crippen molar-refractivity contribution in [2.45, 2.75) is 31.7 Å². The third-order valence-electron chi connectivity index (χ3n) is 4.62. The maximum atomic E-state index is 12.8. The van der Waals surface area contributed by atoms with Gasteiger partial charge < -0.3 is 15.5 Å². The molecular weight excluding hydrogens is 286 g/mol. The summed E-state index contributed by atoms with van der Waals surface area (Å²) < 4.78 is 0. The van der Waals surface area contributed by atoms with Crippen molar-refractivity contribution in [3.8, 4) is 0 Å². The number of piperidine rings is 1. The molecule has 0 aliphatic carbocycles. The molecule has 0 spiro atoms. The maximum Gasteiger partial charge on any atom is 0.314 e. The van der Waals surface area contributed by atoms with Gasteiger partial charge in [-0.3, -0.25) is 4.79 Å². The van der Waals surface area contributed by atoms with Crippen molar-refractivity contribution in [3.05, 3.63) is 22.4 Å². The fraction of sp³-hybridized carbons (Fsp3) is 0.600. The van der Waals surface area contributed by atoms with Crippen molar-refractivity contribution in [2.75, 3.05) is 19.6 Å². The van der Waals surface area contributed by atoms with Gasteiger partial charge in [-0.15, -0.1) is 0 Å². The number of primary amides is 1. The lowest BCUT2D eigenvalue weighted by molar-refractivity contribution is -0.137. The fourth-order valence-electron chi connectivity index (χ4n) is 3.42. The van der Waals surface area contributed by atoms with E-state index in [2.05, 4.69) is 16.8 Å². The molecule has 0 aromatic carbocycles. The van der Waals surface area contributed by atoms with E-state index in [1.807, 2.05) is 4.90 Å². The first-order chi connectivity index (χ1) is 10.2. The highest BCUT2D eigenvalue weighted by Gasteiger charge is 2.35. The number of nitrogens with zero attached hydrogens (tertiary/aromatic N) is 2. The van der Waals surface area contributed by atoms with Crippen LogP contribution in [-0.2, 0) is 4.79 Å². The minimum atomic E-state index is -0.377. The molecule has 0 radical (unpaired) electrons. The van der Waals surface area contributed by atoms with Gasteiger partial charge in [0.05, 0.1) is 6.04 Å². The van der Waals surface area contributed by atoms with E-state index in [1.165, 1.54) is 5.56 Å². The van der Waals surface area contributed by atoms with E-state index in [4.69, 9.17) is 5.73 Å². The van der Waals surface area contributed by atoms with Crippen LogP contribution in [0, 0.1) is 5.92 Å². The first kappa shape index (κ1) is 14.4. The number of nitrogens with two attached hydrogens (primary N) is 1. The molecule has 2 N–H and O–H groups in total. The Morgan fingerprint density at radius 3 is 2.57 bits per heavy atom. The van der Waals surface area contributed by atoms with Crippen LogP contribution in [0.2, 0.25) is 0 Å². The monoisotopic (exact) mass is 307 g/mol. The SMILES string of the molecule is NC(=O)N1CCC(C(=O)N2CCC[C@H]2c2ccsc2)CC1. The molecule has 0 saturated carbocycles. The molecule has 3 amide bonds. The highest BCUT2D eigenvalue weighted by Crippen LogP contribution is 2.35. The summed E-state index contributed by atoms with van der Waals surface area (Å²) in [6.45, 7) is 2.06. The van der Waals surface area contributed by atoms with Gasteiger partial charge >= 0.3 is 6.03 Å². The minimum Gasteiger partial charge on any atom is -0.351 e. The lowest BCUT2D eigenvalue weighted by Gasteiger charge is -2.34. The average Bonchev–Trinajstić information content (AvgIpc) is 3.17. The number of rotatable bonds is 2. The van der Waals surface area contributed by atoms with Crippen molar-refractivity contribution in [1.29, 1.82) is 0 Å². The molecule has 2 aliphatic heterocycles. The third kappa shape index (κ3) is 2.90. The van der Waals surface area contributed by atoms with Crippen LogP contribution in [0.5, 0.6) is 0 Å². The molecule has 3 rings (SSSR count). The predicted octanol–water partition coefficient (Wildman–Crippen LogP) is 2.20. The van der Waals surface area contributed by atoms with Crippen molar-refractivity contribution >= 4 is 23.3 Å². The van der Waals surface area contributed by atoms with Crippen molar-refractivity contribution in [1.82, 2.24) is 9.80 Å². The van der Waals surface area contributed by atoms with E-state index < -0.39 is 0 Å². The number of urea groups is 1. The van der Waals surface area contributed by atoms with E-state index in [9.17, 15) is 9.59 Å². The topological polar surface area (TPSA) is 66.6 Å². The van der Waals surface area contributed by atoms with Crippen LogP contribution in [0.25, 0.3) is 0 Å². The number of amides is 3. The van der Waals surface area contributed by atoms with E-state index in [0.29, 0.717) is 13.1 Å². The predicted molar refractivity (Wildman–Crippen MR) is 81.9 cm³/mol. The Morgan fingerprint density at radius 2 is 1.95 bits per heavy atom. The Bertz CT molecular complexity index is 509. The summed E-state index contributed by atoms with van der Waals surface area (Å²) in [5.74, 6) is 0.299. The maximum absolute atomic E-state index is 12.8. The zero-order chi connectivity index (χ0) is 14.8. The summed E-state index contributed by atoms with van der Waals surface area (Å²) in [6.07, 6.45) is 3.60. The van der Waals surface area contributed by atoms with Crippen LogP contribution in [0.4, 0.5) is 4.79 Å². The second-order valence-corrected chi connectivity index (χ2v) is 6.63. The van der Waals surface area contributed by atoms with Gasteiger partial charge in [0.15, 0.2) is 0 Å². The average molecular weight is 307 g/mol. The van der Waals surface area contributed by atoms with E-state index in [0.717, 1.165) is 32.2 Å². The van der Waals surface area contributed by atoms with Gasteiger partial charge in [-0.25, -0.2) is 4.79 Å². The van der Waals surface area contributed by atoms with E-state index in [-0.39, 0.29) is 23.9 Å². The smallest absolute Gasteiger partial charge is 0.314 e. The molecule has 3 heterocycles.